The first-order valence-corrected chi connectivity index (χ1v) is 11.8. The molecule has 3 aromatic carbocycles. The van der Waals surface area contributed by atoms with Gasteiger partial charge in [0.1, 0.15) is 0 Å². The molecule has 4 rings (SSSR count). The Morgan fingerprint density at radius 2 is 1.34 bits per heavy atom. The van der Waals surface area contributed by atoms with Crippen LogP contribution in [0.2, 0.25) is 0 Å². The van der Waals surface area contributed by atoms with Crippen molar-refractivity contribution in [3.05, 3.63) is 108 Å². The van der Waals surface area contributed by atoms with E-state index in [1.165, 1.54) is 16.7 Å². The van der Waals surface area contributed by atoms with Crippen LogP contribution in [0.5, 0.6) is 0 Å². The summed E-state index contributed by atoms with van der Waals surface area (Å²) in [5, 5.41) is 0. The summed E-state index contributed by atoms with van der Waals surface area (Å²) in [6, 6.07) is 32.4. The lowest BCUT2D eigenvalue weighted by Crippen LogP contribution is -2.46. The maximum absolute atomic E-state index is 12.4. The fraction of sp³-hybridized carbons (Fsp3) is 0.345. The van der Waals surface area contributed by atoms with Crippen LogP contribution in [0.25, 0.3) is 0 Å². The molecular formula is C29H34N2O. The number of hydrogen-bond donors (Lipinski definition) is 0. The van der Waals surface area contributed by atoms with E-state index in [-0.39, 0.29) is 5.91 Å². The molecule has 0 spiro atoms. The number of nitrogens with zero attached hydrogens (tertiary/aromatic N) is 2. The maximum atomic E-state index is 12.4. The fourth-order valence-corrected chi connectivity index (χ4v) is 4.94. The molecule has 1 amide bonds. The van der Waals surface area contributed by atoms with Gasteiger partial charge in [0.2, 0.25) is 5.91 Å². The highest BCUT2D eigenvalue weighted by molar-refractivity contribution is 5.73. The maximum Gasteiger partial charge on any atom is 0.219 e. The van der Waals surface area contributed by atoms with Crippen molar-refractivity contribution in [1.82, 2.24) is 9.80 Å². The van der Waals surface area contributed by atoms with Crippen molar-refractivity contribution >= 4 is 5.91 Å². The lowest BCUT2D eigenvalue weighted by molar-refractivity contribution is -0.132. The summed E-state index contributed by atoms with van der Waals surface area (Å²) in [5.74, 6) is 0.599. The summed E-state index contributed by atoms with van der Waals surface area (Å²) in [7, 11) is 0. The van der Waals surface area contributed by atoms with E-state index in [0.717, 1.165) is 38.9 Å². The average Bonchev–Trinajstić information content (AvgIpc) is 2.85. The highest BCUT2D eigenvalue weighted by atomic mass is 16.2. The van der Waals surface area contributed by atoms with Crippen molar-refractivity contribution < 1.29 is 4.79 Å². The van der Waals surface area contributed by atoms with Crippen molar-refractivity contribution in [1.29, 1.82) is 0 Å². The predicted octanol–water partition coefficient (Wildman–Crippen LogP) is 5.72. The zero-order valence-electron chi connectivity index (χ0n) is 19.1. The molecule has 1 aliphatic heterocycles. The number of amides is 1. The molecule has 1 aliphatic rings. The Kier molecular flexibility index (Phi) is 7.73. The molecule has 3 aromatic rings. The second kappa shape index (κ2) is 11.1. The van der Waals surface area contributed by atoms with Crippen LogP contribution >= 0.6 is 0 Å². The molecule has 166 valence electrons. The molecule has 0 atom stereocenters. The number of benzene rings is 3. The lowest BCUT2D eigenvalue weighted by atomic mass is 9.88. The highest BCUT2D eigenvalue weighted by Gasteiger charge is 2.27. The Labute approximate surface area is 192 Å². The van der Waals surface area contributed by atoms with Gasteiger partial charge in [0.05, 0.1) is 0 Å². The first-order valence-electron chi connectivity index (χ1n) is 11.8. The highest BCUT2D eigenvalue weighted by Crippen LogP contribution is 2.29. The molecule has 3 heteroatoms. The van der Waals surface area contributed by atoms with Crippen molar-refractivity contribution in [2.75, 3.05) is 19.6 Å². The zero-order chi connectivity index (χ0) is 22.2. The van der Waals surface area contributed by atoms with Crippen LogP contribution in [0, 0.1) is 0 Å². The van der Waals surface area contributed by atoms with Gasteiger partial charge in [0.25, 0.3) is 0 Å². The van der Waals surface area contributed by atoms with E-state index in [1.54, 1.807) is 6.92 Å². The molecular weight excluding hydrogens is 392 g/mol. The zero-order valence-corrected chi connectivity index (χ0v) is 19.1. The third kappa shape index (κ3) is 5.86. The smallest absolute Gasteiger partial charge is 0.219 e. The van der Waals surface area contributed by atoms with Gasteiger partial charge in [0, 0.05) is 38.5 Å². The van der Waals surface area contributed by atoms with Crippen LogP contribution in [0.4, 0.5) is 0 Å². The number of likely N-dealkylation sites (tertiary alicyclic amines) is 1. The number of carbonyl (C=O) groups excluding carboxylic acids is 1. The molecule has 1 fully saturated rings. The third-order valence-corrected chi connectivity index (χ3v) is 6.74. The summed E-state index contributed by atoms with van der Waals surface area (Å²) in [6.07, 6.45) is 3.21. The Morgan fingerprint density at radius 3 is 1.84 bits per heavy atom. The van der Waals surface area contributed by atoms with Crippen LogP contribution in [-0.4, -0.2) is 41.4 Å². The molecule has 1 heterocycles. The van der Waals surface area contributed by atoms with E-state index < -0.39 is 0 Å². The summed E-state index contributed by atoms with van der Waals surface area (Å²) in [5.41, 5.74) is 3.98. The summed E-state index contributed by atoms with van der Waals surface area (Å²) >= 11 is 0. The summed E-state index contributed by atoms with van der Waals surface area (Å²) in [4.78, 5) is 17.0. The van der Waals surface area contributed by atoms with Crippen molar-refractivity contribution in [2.45, 2.75) is 44.7 Å². The normalized spacial score (nSPS) is 15.1. The van der Waals surface area contributed by atoms with Crippen LogP contribution in [-0.2, 0) is 11.3 Å². The molecule has 0 aromatic heterocycles. The Balaban J connectivity index is 1.35. The summed E-state index contributed by atoms with van der Waals surface area (Å²) < 4.78 is 0. The second-order valence-electron chi connectivity index (χ2n) is 8.87. The minimum atomic E-state index is 0.181. The third-order valence-electron chi connectivity index (χ3n) is 6.74. The molecule has 0 aliphatic carbocycles. The lowest BCUT2D eigenvalue weighted by Gasteiger charge is -2.38. The standard InChI is InChI=1S/C29H34N2O/c1-24(32)31(23-25-11-5-2-6-12-25)28-17-20-30(21-18-28)22-19-29(26-13-7-3-8-14-26)27-15-9-4-10-16-27/h2-16,28-29H,17-23H2,1H3. The van der Waals surface area contributed by atoms with Crippen molar-refractivity contribution in [3.8, 4) is 0 Å². The van der Waals surface area contributed by atoms with Gasteiger partial charge in [-0.05, 0) is 42.5 Å². The Hall–Kier alpha value is -2.91. The number of piperidine rings is 1. The van der Waals surface area contributed by atoms with Crippen LogP contribution < -0.4 is 0 Å². The quantitative estimate of drug-likeness (QED) is 0.460. The van der Waals surface area contributed by atoms with E-state index in [2.05, 4.69) is 82.6 Å². The molecule has 0 bridgehead atoms. The Morgan fingerprint density at radius 1 is 0.844 bits per heavy atom. The van der Waals surface area contributed by atoms with Gasteiger partial charge in [-0.25, -0.2) is 0 Å². The number of carbonyl (C=O) groups is 1. The van der Waals surface area contributed by atoms with E-state index >= 15 is 0 Å². The minimum absolute atomic E-state index is 0.181. The largest absolute Gasteiger partial charge is 0.336 e. The van der Waals surface area contributed by atoms with Crippen LogP contribution in [0.15, 0.2) is 91.0 Å². The molecule has 1 saturated heterocycles. The molecule has 3 nitrogen and oxygen atoms in total. The van der Waals surface area contributed by atoms with Crippen LogP contribution in [0.1, 0.15) is 48.8 Å². The van der Waals surface area contributed by atoms with Gasteiger partial charge in [-0.2, -0.15) is 0 Å². The molecule has 32 heavy (non-hydrogen) atoms. The SMILES string of the molecule is CC(=O)N(Cc1ccccc1)C1CCN(CCC(c2ccccc2)c2ccccc2)CC1. The predicted molar refractivity (Wildman–Crippen MR) is 131 cm³/mol. The average molecular weight is 427 g/mol. The number of hydrogen-bond acceptors (Lipinski definition) is 2. The van der Waals surface area contributed by atoms with E-state index in [1.807, 2.05) is 18.2 Å². The molecule has 0 unspecified atom stereocenters. The minimum Gasteiger partial charge on any atom is -0.336 e. The van der Waals surface area contributed by atoms with Gasteiger partial charge >= 0.3 is 0 Å². The first-order chi connectivity index (χ1) is 15.7. The van der Waals surface area contributed by atoms with E-state index in [4.69, 9.17) is 0 Å². The van der Waals surface area contributed by atoms with Gasteiger partial charge in [-0.3, -0.25) is 4.79 Å². The Bertz CT molecular complexity index is 911. The summed E-state index contributed by atoms with van der Waals surface area (Å²) in [6.45, 7) is 5.61. The number of rotatable bonds is 8. The van der Waals surface area contributed by atoms with Crippen LogP contribution in [0.3, 0.4) is 0 Å². The van der Waals surface area contributed by atoms with Gasteiger partial charge in [-0.1, -0.05) is 91.0 Å². The van der Waals surface area contributed by atoms with Crippen molar-refractivity contribution in [3.63, 3.8) is 0 Å². The van der Waals surface area contributed by atoms with E-state index in [9.17, 15) is 4.79 Å². The molecule has 0 saturated carbocycles. The topological polar surface area (TPSA) is 23.6 Å². The van der Waals surface area contributed by atoms with E-state index in [0.29, 0.717) is 18.5 Å². The van der Waals surface area contributed by atoms with Crippen molar-refractivity contribution in [2.24, 2.45) is 0 Å². The first kappa shape index (κ1) is 22.3. The monoisotopic (exact) mass is 426 g/mol. The van der Waals surface area contributed by atoms with Gasteiger partial charge in [-0.15, -0.1) is 0 Å². The van der Waals surface area contributed by atoms with Gasteiger partial charge in [0.15, 0.2) is 0 Å². The fourth-order valence-electron chi connectivity index (χ4n) is 4.94. The molecule has 0 N–H and O–H groups in total. The second-order valence-corrected chi connectivity index (χ2v) is 8.87. The van der Waals surface area contributed by atoms with Gasteiger partial charge < -0.3 is 9.80 Å². The molecule has 0 radical (unpaired) electrons.